The van der Waals surface area contributed by atoms with Crippen molar-refractivity contribution in [1.29, 1.82) is 0 Å². The van der Waals surface area contributed by atoms with E-state index in [1.54, 1.807) is 0 Å². The third kappa shape index (κ3) is 5.41. The lowest BCUT2D eigenvalue weighted by Crippen LogP contribution is -2.35. The summed E-state index contributed by atoms with van der Waals surface area (Å²) in [5, 5.41) is 3.03. The molecule has 5 nitrogen and oxygen atoms in total. The molecule has 0 spiro atoms. The van der Waals surface area contributed by atoms with Crippen molar-refractivity contribution < 1.29 is 9.53 Å². The zero-order valence-electron chi connectivity index (χ0n) is 18.8. The molecule has 2 aromatic carbocycles. The van der Waals surface area contributed by atoms with Crippen molar-refractivity contribution in [1.82, 2.24) is 14.9 Å². The lowest BCUT2D eigenvalue weighted by Gasteiger charge is -2.18. The van der Waals surface area contributed by atoms with Crippen molar-refractivity contribution in [3.05, 3.63) is 59.4 Å². The largest absolute Gasteiger partial charge is 0.493 e. The molecule has 1 N–H and O–H groups in total. The molecular weight excluding hydrogens is 374 g/mol. The summed E-state index contributed by atoms with van der Waals surface area (Å²) in [6, 6.07) is 14.4. The number of para-hydroxylation sites is 2. The molecule has 0 saturated carbocycles. The molecule has 0 saturated heterocycles. The van der Waals surface area contributed by atoms with E-state index >= 15 is 0 Å². The predicted molar refractivity (Wildman–Crippen MR) is 122 cm³/mol. The van der Waals surface area contributed by atoms with Gasteiger partial charge in [-0.05, 0) is 50.5 Å². The summed E-state index contributed by atoms with van der Waals surface area (Å²) in [5.74, 6) is 1.88. The quantitative estimate of drug-likeness (QED) is 0.524. The molecule has 1 heterocycles. The van der Waals surface area contributed by atoms with E-state index in [0.29, 0.717) is 13.2 Å². The average molecular weight is 408 g/mol. The highest BCUT2D eigenvalue weighted by Gasteiger charge is 2.21. The van der Waals surface area contributed by atoms with Crippen molar-refractivity contribution in [2.75, 3.05) is 6.61 Å². The van der Waals surface area contributed by atoms with Crippen molar-refractivity contribution in [2.24, 2.45) is 5.41 Å². The molecule has 0 aliphatic rings. The maximum absolute atomic E-state index is 12.3. The molecule has 3 rings (SSSR count). The van der Waals surface area contributed by atoms with Gasteiger partial charge in [0, 0.05) is 12.0 Å². The van der Waals surface area contributed by atoms with Crippen LogP contribution in [0.4, 0.5) is 0 Å². The number of rotatable bonds is 8. The van der Waals surface area contributed by atoms with Crippen LogP contribution in [-0.4, -0.2) is 22.1 Å². The summed E-state index contributed by atoms with van der Waals surface area (Å²) in [6.07, 6.45) is 1.93. The van der Waals surface area contributed by atoms with Crippen LogP contribution in [-0.2, 0) is 17.9 Å². The topological polar surface area (TPSA) is 56.1 Å². The van der Waals surface area contributed by atoms with Crippen molar-refractivity contribution in [2.45, 2.75) is 60.5 Å². The van der Waals surface area contributed by atoms with Crippen LogP contribution < -0.4 is 10.1 Å². The second kappa shape index (κ2) is 9.33. The molecule has 30 heavy (non-hydrogen) atoms. The highest BCUT2D eigenvalue weighted by Crippen LogP contribution is 2.20. The minimum absolute atomic E-state index is 0.0305. The fourth-order valence-corrected chi connectivity index (χ4v) is 3.45. The number of hydrogen-bond donors (Lipinski definition) is 1. The van der Waals surface area contributed by atoms with Gasteiger partial charge in [0.2, 0.25) is 5.91 Å². The molecule has 0 fully saturated rings. The summed E-state index contributed by atoms with van der Waals surface area (Å²) in [5.41, 5.74) is 4.07. The van der Waals surface area contributed by atoms with Gasteiger partial charge in [0.25, 0.3) is 0 Å². The highest BCUT2D eigenvalue weighted by atomic mass is 16.5. The molecule has 0 aliphatic carbocycles. The van der Waals surface area contributed by atoms with E-state index in [2.05, 4.69) is 41.9 Å². The van der Waals surface area contributed by atoms with Gasteiger partial charge >= 0.3 is 0 Å². The molecule has 0 unspecified atom stereocenters. The molecular formula is C25H33N3O2. The number of unbranched alkanes of at least 4 members (excludes halogenated alkanes) is 1. The molecule has 3 aromatic rings. The fourth-order valence-electron chi connectivity index (χ4n) is 3.45. The third-order valence-electron chi connectivity index (χ3n) is 5.19. The Balaban J connectivity index is 1.61. The fraction of sp³-hybridized carbons (Fsp3) is 0.440. The van der Waals surface area contributed by atoms with E-state index in [9.17, 15) is 4.79 Å². The first-order valence-electron chi connectivity index (χ1n) is 10.7. The highest BCUT2D eigenvalue weighted by molar-refractivity contribution is 5.81. The third-order valence-corrected chi connectivity index (χ3v) is 5.19. The van der Waals surface area contributed by atoms with Gasteiger partial charge in [0.15, 0.2) is 0 Å². The van der Waals surface area contributed by atoms with Crippen LogP contribution in [0.25, 0.3) is 11.0 Å². The molecule has 0 atom stereocenters. The summed E-state index contributed by atoms with van der Waals surface area (Å²) in [6.45, 7) is 11.9. The van der Waals surface area contributed by atoms with E-state index in [4.69, 9.17) is 9.72 Å². The molecule has 5 heteroatoms. The van der Waals surface area contributed by atoms with E-state index in [0.717, 1.165) is 42.0 Å². The molecule has 1 aromatic heterocycles. The number of ether oxygens (including phenoxy) is 1. The SMILES string of the molecule is Cc1ccc(OCCCCn2c(CNC(=O)C(C)(C)C)nc3ccccc32)c(C)c1. The Bertz CT molecular complexity index is 1010. The molecule has 160 valence electrons. The summed E-state index contributed by atoms with van der Waals surface area (Å²) < 4.78 is 8.18. The number of carbonyl (C=O) groups excluding carboxylic acids is 1. The van der Waals surface area contributed by atoms with Crippen LogP contribution in [0, 0.1) is 19.3 Å². The monoisotopic (exact) mass is 407 g/mol. The Morgan fingerprint density at radius 2 is 1.87 bits per heavy atom. The van der Waals surface area contributed by atoms with Crippen LogP contribution in [0.1, 0.15) is 50.6 Å². The predicted octanol–water partition coefficient (Wildman–Crippen LogP) is 5.17. The van der Waals surface area contributed by atoms with Crippen molar-refractivity contribution >= 4 is 16.9 Å². The number of imidazole rings is 1. The number of hydrogen-bond acceptors (Lipinski definition) is 3. The normalized spacial score (nSPS) is 11.6. The second-order valence-electron chi connectivity index (χ2n) is 8.93. The number of benzene rings is 2. The first-order valence-corrected chi connectivity index (χ1v) is 10.7. The molecule has 0 bridgehead atoms. The first-order chi connectivity index (χ1) is 14.3. The van der Waals surface area contributed by atoms with E-state index in [1.807, 2.05) is 45.0 Å². The maximum Gasteiger partial charge on any atom is 0.225 e. The smallest absolute Gasteiger partial charge is 0.225 e. The second-order valence-corrected chi connectivity index (χ2v) is 8.93. The van der Waals surface area contributed by atoms with E-state index < -0.39 is 5.41 Å². The van der Waals surface area contributed by atoms with Gasteiger partial charge in [-0.15, -0.1) is 0 Å². The Morgan fingerprint density at radius 1 is 1.10 bits per heavy atom. The van der Waals surface area contributed by atoms with Crippen molar-refractivity contribution in [3.63, 3.8) is 0 Å². The van der Waals surface area contributed by atoms with Gasteiger partial charge in [-0.1, -0.05) is 50.6 Å². The maximum atomic E-state index is 12.3. The Morgan fingerprint density at radius 3 is 2.60 bits per heavy atom. The van der Waals surface area contributed by atoms with Crippen LogP contribution in [0.15, 0.2) is 42.5 Å². The Labute approximate surface area is 179 Å². The Kier molecular flexibility index (Phi) is 6.80. The van der Waals surface area contributed by atoms with Crippen LogP contribution in [0.5, 0.6) is 5.75 Å². The number of fused-ring (bicyclic) bond motifs is 1. The zero-order chi connectivity index (χ0) is 21.7. The van der Waals surface area contributed by atoms with Gasteiger partial charge in [-0.3, -0.25) is 4.79 Å². The van der Waals surface area contributed by atoms with Crippen LogP contribution in [0.2, 0.25) is 0 Å². The lowest BCUT2D eigenvalue weighted by molar-refractivity contribution is -0.128. The first kappa shape index (κ1) is 21.9. The lowest BCUT2D eigenvalue weighted by atomic mass is 9.96. The van der Waals surface area contributed by atoms with E-state index in [1.165, 1.54) is 11.1 Å². The number of aryl methyl sites for hydroxylation is 3. The van der Waals surface area contributed by atoms with Gasteiger partial charge in [0.1, 0.15) is 11.6 Å². The van der Waals surface area contributed by atoms with Gasteiger partial charge < -0.3 is 14.6 Å². The van der Waals surface area contributed by atoms with Gasteiger partial charge in [-0.25, -0.2) is 4.98 Å². The van der Waals surface area contributed by atoms with E-state index in [-0.39, 0.29) is 5.91 Å². The molecule has 1 amide bonds. The number of carbonyl (C=O) groups is 1. The number of amides is 1. The van der Waals surface area contributed by atoms with Crippen LogP contribution >= 0.6 is 0 Å². The number of nitrogens with one attached hydrogen (secondary N) is 1. The number of nitrogens with zero attached hydrogens (tertiary/aromatic N) is 2. The van der Waals surface area contributed by atoms with Crippen molar-refractivity contribution in [3.8, 4) is 5.75 Å². The Hall–Kier alpha value is -2.82. The summed E-state index contributed by atoms with van der Waals surface area (Å²) in [4.78, 5) is 17.0. The minimum Gasteiger partial charge on any atom is -0.493 e. The molecule has 0 radical (unpaired) electrons. The van der Waals surface area contributed by atoms with Crippen LogP contribution in [0.3, 0.4) is 0 Å². The van der Waals surface area contributed by atoms with Gasteiger partial charge in [0.05, 0.1) is 24.2 Å². The zero-order valence-corrected chi connectivity index (χ0v) is 18.8. The minimum atomic E-state index is -0.414. The summed E-state index contributed by atoms with van der Waals surface area (Å²) >= 11 is 0. The standard InChI is InChI=1S/C25H33N3O2/c1-18-12-13-22(19(2)16-18)30-15-9-8-14-28-21-11-7-6-10-20(21)27-23(28)17-26-24(29)25(3,4)5/h6-7,10-13,16H,8-9,14-15,17H2,1-5H3,(H,26,29). The summed E-state index contributed by atoms with van der Waals surface area (Å²) in [7, 11) is 0. The number of aromatic nitrogens is 2. The average Bonchev–Trinajstić information content (AvgIpc) is 3.04. The van der Waals surface area contributed by atoms with Gasteiger partial charge in [-0.2, -0.15) is 0 Å². The molecule has 0 aliphatic heterocycles.